The van der Waals surface area contributed by atoms with Gasteiger partial charge in [-0.1, -0.05) is 114 Å². The van der Waals surface area contributed by atoms with E-state index in [1.807, 2.05) is 91.0 Å². The van der Waals surface area contributed by atoms with Crippen LogP contribution in [-0.2, 0) is 9.59 Å². The second-order valence-electron chi connectivity index (χ2n) is 37.6. The van der Waals surface area contributed by atoms with Crippen LogP contribution in [0.25, 0.3) is 33.4 Å². The van der Waals surface area contributed by atoms with Crippen molar-refractivity contribution in [1.29, 1.82) is 0 Å². The van der Waals surface area contributed by atoms with Crippen LogP contribution in [0.5, 0.6) is 69.0 Å². The summed E-state index contributed by atoms with van der Waals surface area (Å²) in [6.07, 6.45) is 17.5. The summed E-state index contributed by atoms with van der Waals surface area (Å²) in [6, 6.07) is 61.7. The number of hydrogen-bond donors (Lipinski definition) is 9. The number of quaternary nitrogens is 3. The molecule has 10 aliphatic rings. The number of rotatable bonds is 18. The highest BCUT2D eigenvalue weighted by Gasteiger charge is 2.62. The van der Waals surface area contributed by atoms with Crippen molar-refractivity contribution in [2.24, 2.45) is 33.5 Å². The minimum Gasteiger partial charge on any atom is -1.00 e. The zero-order valence-electron chi connectivity index (χ0n) is 74.4. The smallest absolute Gasteiger partial charge is 0.150 e. The number of fused-ring (bicyclic) bond motifs is 7. The Kier molecular flexibility index (Phi) is 28.6. The lowest BCUT2D eigenvalue weighted by molar-refractivity contribution is -0.904. The number of piperidine rings is 3. The predicted octanol–water partition coefficient (Wildman–Crippen LogP) is 15.6. The van der Waals surface area contributed by atoms with Crippen molar-refractivity contribution in [2.75, 3.05) is 78.7 Å². The van der Waals surface area contributed by atoms with Crippen molar-refractivity contribution in [3.63, 3.8) is 0 Å². The van der Waals surface area contributed by atoms with Crippen molar-refractivity contribution < 1.29 is 95.8 Å². The van der Waals surface area contributed by atoms with Gasteiger partial charge in [0.05, 0.1) is 39.3 Å². The van der Waals surface area contributed by atoms with Crippen molar-refractivity contribution in [3.8, 4) is 69.0 Å². The van der Waals surface area contributed by atoms with E-state index in [0.717, 1.165) is 166 Å². The summed E-state index contributed by atoms with van der Waals surface area (Å²) in [5.41, 5.74) is 15.8. The Bertz CT molecular complexity index is 4820. The lowest BCUT2D eigenvalue weighted by Crippen LogP contribution is -3.13. The van der Waals surface area contributed by atoms with Crippen LogP contribution in [-0.4, -0.2) is 121 Å². The summed E-state index contributed by atoms with van der Waals surface area (Å²) >= 11 is 0. The molecule has 19 rings (SSSR count). The summed E-state index contributed by atoms with van der Waals surface area (Å²) in [5, 5.41) is 59.4. The number of Topliss-reactive ketones (excluding diaryl/α,β-unsaturated/α-hetero) is 2. The molecule has 5 unspecified atom stereocenters. The van der Waals surface area contributed by atoms with Crippen LogP contribution >= 0.6 is 0 Å². The molecule has 4 saturated carbocycles. The number of aromatic hydroxyl groups is 6. The highest BCUT2D eigenvalue weighted by atomic mass is 35.5. The Morgan fingerprint density at radius 3 is 0.800 bits per heavy atom. The Balaban J connectivity index is 0.000000135. The number of nitrogens with one attached hydrogen (secondary N) is 3. The maximum Gasteiger partial charge on any atom is 0.150 e. The van der Waals surface area contributed by atoms with Gasteiger partial charge >= 0.3 is 0 Å². The molecule has 6 aliphatic heterocycles. The molecule has 7 atom stereocenters. The molecule has 18 heteroatoms. The monoisotopic (exact) mass is 1710 g/mol. The molecule has 660 valence electrons. The Labute approximate surface area is 744 Å². The molecule has 9 aromatic carbocycles. The SMILES string of the molecule is CC12CCC(CC1=O)C2(C)C.CC12CCC(CC1=O)C2(C)C.CC1=C(c2ccc(O)cc2)C(c2ccc(OCC[NH+]3CCCCC3)cc2)Oc2cc(O)ccc21.CC1=C(c2ccc(O)cc2)[C@H](c2ccc(OCC[NH+]3CCCCC3)cc2)Oc2cc(O)ccc21.CC1=C(c2ccc(O)cc2)[C@H](c2ccc(OCC[NH+]3CCCCC3)cc2)Oc2cc(O)ccc21.[Cl-]. The molecule has 3 saturated heterocycles. The molecule has 0 amide bonds. The second kappa shape index (κ2) is 39.5. The van der Waals surface area contributed by atoms with Gasteiger partial charge < -0.3 is 86.2 Å². The Morgan fingerprint density at radius 2 is 0.584 bits per heavy atom. The zero-order valence-corrected chi connectivity index (χ0v) is 75.1. The fourth-order valence-electron chi connectivity index (χ4n) is 20.9. The topological polar surface area (TPSA) is 224 Å². The fraction of sp³-hybridized carbons (Fsp3) is 0.421. The largest absolute Gasteiger partial charge is 1.00 e. The van der Waals surface area contributed by atoms with Crippen LogP contribution in [0.2, 0.25) is 0 Å². The lowest BCUT2D eigenvalue weighted by atomic mass is 9.70. The molecule has 0 spiro atoms. The third-order valence-electron chi connectivity index (χ3n) is 29.7. The van der Waals surface area contributed by atoms with Gasteiger partial charge in [0.15, 0.2) is 0 Å². The molecule has 17 nitrogen and oxygen atoms in total. The van der Waals surface area contributed by atoms with Crippen molar-refractivity contribution >= 4 is 45.0 Å². The average Bonchev–Trinajstić information content (AvgIpc) is 1.57. The average molecular weight is 1720 g/mol. The molecule has 4 aliphatic carbocycles. The summed E-state index contributed by atoms with van der Waals surface area (Å²) < 4.78 is 37.4. The number of carbonyl (C=O) groups is 2. The van der Waals surface area contributed by atoms with Gasteiger partial charge in [-0.2, -0.15) is 0 Å². The maximum atomic E-state index is 11.6. The molecular formula is C107H128ClN3O14+2. The number of carbonyl (C=O) groups excluding carboxylic acids is 2. The Hall–Kier alpha value is -10.7. The van der Waals surface area contributed by atoms with Crippen LogP contribution in [0.4, 0.5) is 0 Å². The van der Waals surface area contributed by atoms with Crippen molar-refractivity contribution in [3.05, 3.63) is 250 Å². The van der Waals surface area contributed by atoms with Gasteiger partial charge in [-0.15, -0.1) is 0 Å². The number of allylic oxidation sites excluding steroid dienone is 3. The summed E-state index contributed by atoms with van der Waals surface area (Å²) in [5.74, 6) is 8.18. The van der Waals surface area contributed by atoms with Gasteiger partial charge in [-0.05, 0) is 286 Å². The normalized spacial score (nSPS) is 23.2. The van der Waals surface area contributed by atoms with Crippen LogP contribution in [0, 0.1) is 33.5 Å². The molecule has 4 bridgehead atoms. The van der Waals surface area contributed by atoms with Gasteiger partial charge in [0.2, 0.25) is 0 Å². The first-order chi connectivity index (χ1) is 59.7. The molecular weight excluding hydrogens is 1590 g/mol. The number of ether oxygens (including phenoxy) is 6. The van der Waals surface area contributed by atoms with E-state index in [0.29, 0.717) is 40.7 Å². The van der Waals surface area contributed by atoms with E-state index in [1.165, 1.54) is 110 Å². The molecule has 0 radical (unpaired) electrons. The van der Waals surface area contributed by atoms with E-state index < -0.39 is 0 Å². The lowest BCUT2D eigenvalue weighted by Gasteiger charge is -2.32. The third kappa shape index (κ3) is 20.1. The van der Waals surface area contributed by atoms with E-state index in [2.05, 4.69) is 98.7 Å². The first kappa shape index (κ1) is 90.6. The second-order valence-corrected chi connectivity index (χ2v) is 37.6. The van der Waals surface area contributed by atoms with Gasteiger partial charge in [-0.25, -0.2) is 0 Å². The van der Waals surface area contributed by atoms with Crippen LogP contribution < -0.4 is 55.5 Å². The van der Waals surface area contributed by atoms with Crippen LogP contribution in [0.15, 0.2) is 200 Å². The van der Waals surface area contributed by atoms with E-state index in [1.54, 1.807) is 87.5 Å². The molecule has 9 aromatic rings. The summed E-state index contributed by atoms with van der Waals surface area (Å²) in [6.45, 7) is 32.4. The maximum absolute atomic E-state index is 11.6. The van der Waals surface area contributed by atoms with Crippen LogP contribution in [0.1, 0.15) is 227 Å². The summed E-state index contributed by atoms with van der Waals surface area (Å²) in [4.78, 5) is 28.1. The fourth-order valence-corrected chi connectivity index (χ4v) is 20.9. The van der Waals surface area contributed by atoms with Gasteiger partial charge in [0.25, 0.3) is 0 Å². The Morgan fingerprint density at radius 1 is 0.336 bits per heavy atom. The zero-order chi connectivity index (χ0) is 87.0. The predicted molar refractivity (Wildman–Crippen MR) is 489 cm³/mol. The van der Waals surface area contributed by atoms with Gasteiger partial charge in [0.1, 0.15) is 138 Å². The number of ketones is 2. The van der Waals surface area contributed by atoms with E-state index in [-0.39, 0.29) is 86.9 Å². The highest BCUT2D eigenvalue weighted by Crippen LogP contribution is 2.65. The van der Waals surface area contributed by atoms with E-state index in [9.17, 15) is 40.2 Å². The molecule has 7 fully saturated rings. The summed E-state index contributed by atoms with van der Waals surface area (Å²) in [7, 11) is 0. The highest BCUT2D eigenvalue weighted by molar-refractivity contribution is 5.98. The van der Waals surface area contributed by atoms with E-state index >= 15 is 0 Å². The molecule has 0 aromatic heterocycles. The van der Waals surface area contributed by atoms with Crippen molar-refractivity contribution in [2.45, 2.75) is 177 Å². The van der Waals surface area contributed by atoms with E-state index in [4.69, 9.17) is 28.4 Å². The minimum atomic E-state index is -0.342. The number of phenols is 6. The first-order valence-corrected chi connectivity index (χ1v) is 45.5. The molecule has 125 heavy (non-hydrogen) atoms. The minimum absolute atomic E-state index is 0. The van der Waals surface area contributed by atoms with Crippen molar-refractivity contribution in [1.82, 2.24) is 0 Å². The number of halogens is 1. The quantitative estimate of drug-likeness (QED) is 0.0390. The number of benzene rings is 9. The number of hydrogen-bond acceptors (Lipinski definition) is 14. The number of phenolic OH excluding ortho intramolecular Hbond substituents is 6. The van der Waals surface area contributed by atoms with Crippen LogP contribution in [0.3, 0.4) is 0 Å². The third-order valence-corrected chi connectivity index (χ3v) is 29.7. The first-order valence-electron chi connectivity index (χ1n) is 45.5. The standard InChI is InChI=1S/3C29H31NO4.2C10H16O.ClH/c3*1-20-26-14-11-24(32)19-27(26)34-29(28(20)21-5-9-23(31)10-6-21)22-7-12-25(13-8-22)33-18-17-30-15-3-2-4-16-30;2*1-9(2)7-4-5-10(9,3)8(11)6-7;/h3*5-14,19,29,31-32H,2-4,15-18H2,1H3;2*7H,4-6H2,1-3H3;1H/p+2/t2*29-;;;;/m00..../s1. The van der Waals surface area contributed by atoms with Gasteiger partial charge in [0, 0.05) is 75.3 Å². The number of likely N-dealkylation sites (tertiary alicyclic amines) is 3. The van der Waals surface area contributed by atoms with Gasteiger partial charge in [-0.3, -0.25) is 9.59 Å². The molecule has 6 heterocycles. The molecule has 9 N–H and O–H groups in total.